The quantitative estimate of drug-likeness (QED) is 0.753. The highest BCUT2D eigenvalue weighted by Gasteiger charge is 2.28. The van der Waals surface area contributed by atoms with Crippen LogP contribution in [0, 0.1) is 0 Å². The summed E-state index contributed by atoms with van der Waals surface area (Å²) in [5.74, 6) is 1.24. The summed E-state index contributed by atoms with van der Waals surface area (Å²) in [6.07, 6.45) is 3.43. The van der Waals surface area contributed by atoms with Crippen molar-refractivity contribution in [3.05, 3.63) is 35.9 Å². The maximum absolute atomic E-state index is 3.36. The molecule has 0 saturated carbocycles. The van der Waals surface area contributed by atoms with Gasteiger partial charge in [0.2, 0.25) is 0 Å². The molecule has 0 amide bonds. The highest BCUT2D eigenvalue weighted by atomic mass is 32.2. The lowest BCUT2D eigenvalue weighted by molar-refractivity contribution is 0.198. The van der Waals surface area contributed by atoms with Gasteiger partial charge in [0.1, 0.15) is 0 Å². The van der Waals surface area contributed by atoms with Crippen LogP contribution in [0.25, 0.3) is 0 Å². The Bertz CT molecular complexity index is 369. The van der Waals surface area contributed by atoms with Gasteiger partial charge in [-0.3, -0.25) is 0 Å². The molecule has 1 aromatic rings. The second-order valence-electron chi connectivity index (χ2n) is 6.00. The van der Waals surface area contributed by atoms with Gasteiger partial charge in [-0.1, -0.05) is 37.3 Å². The molecule has 114 valence electrons. The maximum Gasteiger partial charge on any atom is 0.0176 e. The number of nitrogens with one attached hydrogen (secondary N) is 1. The largest absolute Gasteiger partial charge is 0.319 e. The van der Waals surface area contributed by atoms with Gasteiger partial charge in [0.05, 0.1) is 0 Å². The van der Waals surface area contributed by atoms with E-state index in [1.807, 2.05) is 18.8 Å². The first-order valence-corrected chi connectivity index (χ1v) is 8.82. The van der Waals surface area contributed by atoms with E-state index in [1.165, 1.54) is 17.7 Å². The topological polar surface area (TPSA) is 15.3 Å². The molecule has 1 aromatic carbocycles. The third-order valence-electron chi connectivity index (χ3n) is 4.13. The van der Waals surface area contributed by atoms with Crippen molar-refractivity contribution in [3.63, 3.8) is 0 Å². The zero-order valence-corrected chi connectivity index (χ0v) is 14.5. The van der Waals surface area contributed by atoms with Crippen LogP contribution in [0.1, 0.15) is 25.8 Å². The minimum atomic E-state index is 0.151. The first-order chi connectivity index (χ1) is 9.53. The molecule has 2 unspecified atom stereocenters. The molecule has 0 saturated heterocycles. The van der Waals surface area contributed by atoms with E-state index in [2.05, 4.69) is 67.7 Å². The Morgan fingerprint density at radius 3 is 2.50 bits per heavy atom. The van der Waals surface area contributed by atoms with Crippen LogP contribution in [0.4, 0.5) is 0 Å². The summed E-state index contributed by atoms with van der Waals surface area (Å²) >= 11 is 1.93. The molecule has 0 fully saturated rings. The lowest BCUT2D eigenvalue weighted by atomic mass is 9.81. The van der Waals surface area contributed by atoms with Gasteiger partial charge < -0.3 is 10.2 Å². The van der Waals surface area contributed by atoms with Gasteiger partial charge in [-0.2, -0.15) is 11.8 Å². The van der Waals surface area contributed by atoms with Crippen molar-refractivity contribution < 1.29 is 0 Å². The Kier molecular flexibility index (Phi) is 7.63. The molecule has 0 aliphatic rings. The van der Waals surface area contributed by atoms with E-state index in [1.54, 1.807) is 0 Å². The van der Waals surface area contributed by atoms with E-state index in [0.717, 1.165) is 13.1 Å². The fourth-order valence-electron chi connectivity index (χ4n) is 2.70. The molecule has 2 atom stereocenters. The van der Waals surface area contributed by atoms with Crippen LogP contribution in [-0.4, -0.2) is 50.1 Å². The van der Waals surface area contributed by atoms with Gasteiger partial charge in [-0.25, -0.2) is 0 Å². The van der Waals surface area contributed by atoms with Gasteiger partial charge in [0, 0.05) is 24.5 Å². The standard InChI is InChI=1S/C17H30N2S/c1-15(11-12-20-5)19(4)14-17(2,13-18-3)16-9-7-6-8-10-16/h6-10,15,18H,11-14H2,1-5H3. The van der Waals surface area contributed by atoms with Crippen LogP contribution in [0.5, 0.6) is 0 Å². The fourth-order valence-corrected chi connectivity index (χ4v) is 3.27. The predicted molar refractivity (Wildman–Crippen MR) is 92.8 cm³/mol. The molecule has 0 aromatic heterocycles. The molecule has 0 aliphatic carbocycles. The lowest BCUT2D eigenvalue weighted by Crippen LogP contribution is -2.46. The number of nitrogens with zero attached hydrogens (tertiary/aromatic N) is 1. The van der Waals surface area contributed by atoms with E-state index in [0.29, 0.717) is 6.04 Å². The van der Waals surface area contributed by atoms with E-state index in [9.17, 15) is 0 Å². The molecular formula is C17H30N2S. The molecule has 1 N–H and O–H groups in total. The molecule has 0 bridgehead atoms. The van der Waals surface area contributed by atoms with Crippen molar-refractivity contribution in [1.82, 2.24) is 10.2 Å². The van der Waals surface area contributed by atoms with Gasteiger partial charge in [-0.05, 0) is 45.0 Å². The van der Waals surface area contributed by atoms with Gasteiger partial charge >= 0.3 is 0 Å². The molecule has 20 heavy (non-hydrogen) atoms. The van der Waals surface area contributed by atoms with Crippen LogP contribution in [0.3, 0.4) is 0 Å². The monoisotopic (exact) mass is 294 g/mol. The lowest BCUT2D eigenvalue weighted by Gasteiger charge is -2.37. The minimum Gasteiger partial charge on any atom is -0.319 e. The predicted octanol–water partition coefficient (Wildman–Crippen LogP) is 3.24. The summed E-state index contributed by atoms with van der Waals surface area (Å²) in [6.45, 7) is 6.77. The van der Waals surface area contributed by atoms with E-state index < -0.39 is 0 Å². The van der Waals surface area contributed by atoms with Crippen LogP contribution in [-0.2, 0) is 5.41 Å². The van der Waals surface area contributed by atoms with Crippen molar-refractivity contribution in [2.45, 2.75) is 31.7 Å². The third kappa shape index (κ3) is 5.12. The molecule has 0 heterocycles. The van der Waals surface area contributed by atoms with Crippen molar-refractivity contribution in [2.24, 2.45) is 0 Å². The van der Waals surface area contributed by atoms with Crippen LogP contribution >= 0.6 is 11.8 Å². The summed E-state index contributed by atoms with van der Waals surface area (Å²) in [5.41, 5.74) is 1.57. The van der Waals surface area contributed by atoms with Crippen LogP contribution < -0.4 is 5.32 Å². The summed E-state index contributed by atoms with van der Waals surface area (Å²) in [7, 11) is 4.29. The number of thioether (sulfide) groups is 1. The zero-order valence-electron chi connectivity index (χ0n) is 13.6. The van der Waals surface area contributed by atoms with Gasteiger partial charge in [0.15, 0.2) is 0 Å². The van der Waals surface area contributed by atoms with Gasteiger partial charge in [-0.15, -0.1) is 0 Å². The van der Waals surface area contributed by atoms with Crippen LogP contribution in [0.15, 0.2) is 30.3 Å². The van der Waals surface area contributed by atoms with E-state index in [-0.39, 0.29) is 5.41 Å². The summed E-state index contributed by atoms with van der Waals surface area (Å²) in [5, 5.41) is 3.36. The van der Waals surface area contributed by atoms with Crippen molar-refractivity contribution in [3.8, 4) is 0 Å². The summed E-state index contributed by atoms with van der Waals surface area (Å²) in [4.78, 5) is 2.50. The maximum atomic E-state index is 3.36. The van der Waals surface area contributed by atoms with E-state index in [4.69, 9.17) is 0 Å². The highest BCUT2D eigenvalue weighted by Crippen LogP contribution is 2.25. The Hall–Kier alpha value is -0.510. The zero-order chi connectivity index (χ0) is 15.0. The number of likely N-dealkylation sites (N-methyl/N-ethyl adjacent to an activating group) is 2. The Morgan fingerprint density at radius 1 is 1.30 bits per heavy atom. The number of rotatable bonds is 9. The smallest absolute Gasteiger partial charge is 0.0176 e. The molecule has 0 aliphatic heterocycles. The molecule has 0 radical (unpaired) electrons. The summed E-state index contributed by atoms with van der Waals surface area (Å²) in [6, 6.07) is 11.5. The number of benzene rings is 1. The highest BCUT2D eigenvalue weighted by molar-refractivity contribution is 7.98. The first kappa shape index (κ1) is 17.5. The molecule has 3 heteroatoms. The third-order valence-corrected chi connectivity index (χ3v) is 4.77. The average molecular weight is 295 g/mol. The summed E-state index contributed by atoms with van der Waals surface area (Å²) < 4.78 is 0. The molecule has 2 nitrogen and oxygen atoms in total. The second-order valence-corrected chi connectivity index (χ2v) is 6.99. The molecule has 1 rings (SSSR count). The Labute approximate surface area is 129 Å². The molecule has 0 spiro atoms. The van der Waals surface area contributed by atoms with E-state index >= 15 is 0 Å². The minimum absolute atomic E-state index is 0.151. The van der Waals surface area contributed by atoms with Crippen LogP contribution in [0.2, 0.25) is 0 Å². The van der Waals surface area contributed by atoms with Crippen molar-refractivity contribution in [2.75, 3.05) is 39.2 Å². The second kappa shape index (κ2) is 8.71. The fraction of sp³-hybridized carbons (Fsp3) is 0.647. The average Bonchev–Trinajstić information content (AvgIpc) is 2.45. The normalized spacial score (nSPS) is 16.1. The number of hydrogen-bond acceptors (Lipinski definition) is 3. The first-order valence-electron chi connectivity index (χ1n) is 7.43. The van der Waals surface area contributed by atoms with Crippen molar-refractivity contribution in [1.29, 1.82) is 0 Å². The Balaban J connectivity index is 2.76. The SMILES string of the molecule is CNCC(C)(CN(C)C(C)CCSC)c1ccccc1. The molecular weight excluding hydrogens is 264 g/mol. The van der Waals surface area contributed by atoms with Gasteiger partial charge in [0.25, 0.3) is 0 Å². The number of hydrogen-bond donors (Lipinski definition) is 1. The Morgan fingerprint density at radius 2 is 1.95 bits per heavy atom. The van der Waals surface area contributed by atoms with Crippen molar-refractivity contribution >= 4 is 11.8 Å².